The fourth-order valence-electron chi connectivity index (χ4n) is 1.75. The molecule has 0 rings (SSSR count). The summed E-state index contributed by atoms with van der Waals surface area (Å²) in [5.41, 5.74) is 0. The van der Waals surface area contributed by atoms with Crippen LogP contribution >= 0.6 is 0 Å². The Morgan fingerprint density at radius 1 is 1.07 bits per heavy atom. The Labute approximate surface area is 95.8 Å². The van der Waals surface area contributed by atoms with Gasteiger partial charge in [0.25, 0.3) is 0 Å². The molecular formula is C13H29NO. The first-order valence-corrected chi connectivity index (χ1v) is 6.40. The van der Waals surface area contributed by atoms with Crippen LogP contribution in [0.1, 0.15) is 59.8 Å². The molecule has 0 aromatic heterocycles. The third kappa shape index (κ3) is 7.80. The normalized spacial score (nSPS) is 17.4. The first-order valence-electron chi connectivity index (χ1n) is 6.40. The zero-order chi connectivity index (χ0) is 11.7. The number of hydrogen-bond donors (Lipinski definition) is 1. The zero-order valence-electron chi connectivity index (χ0n) is 11.2. The maximum absolute atomic E-state index is 5.29. The maximum atomic E-state index is 5.29. The average molecular weight is 215 g/mol. The first kappa shape index (κ1) is 14.9. The van der Waals surface area contributed by atoms with Crippen LogP contribution in [-0.4, -0.2) is 25.3 Å². The standard InChI is InChI=1S/C13H29NO/c1-6-7-8-9-10-11(2)14-12(3)13(4)15-5/h11-14H,6-10H2,1-5H3. The molecule has 0 saturated heterocycles. The minimum Gasteiger partial charge on any atom is -0.380 e. The van der Waals surface area contributed by atoms with Crippen LogP contribution in [0.5, 0.6) is 0 Å². The topological polar surface area (TPSA) is 21.3 Å². The van der Waals surface area contributed by atoms with Crippen LogP contribution in [0.25, 0.3) is 0 Å². The fraction of sp³-hybridized carbons (Fsp3) is 1.00. The molecule has 0 amide bonds. The van der Waals surface area contributed by atoms with Crippen molar-refractivity contribution in [3.63, 3.8) is 0 Å². The van der Waals surface area contributed by atoms with Gasteiger partial charge >= 0.3 is 0 Å². The van der Waals surface area contributed by atoms with Gasteiger partial charge in [0.15, 0.2) is 0 Å². The van der Waals surface area contributed by atoms with Gasteiger partial charge in [-0.05, 0) is 27.2 Å². The van der Waals surface area contributed by atoms with E-state index < -0.39 is 0 Å². The van der Waals surface area contributed by atoms with E-state index in [9.17, 15) is 0 Å². The number of ether oxygens (including phenoxy) is 1. The first-order chi connectivity index (χ1) is 7.11. The highest BCUT2D eigenvalue weighted by atomic mass is 16.5. The molecule has 0 aliphatic carbocycles. The van der Waals surface area contributed by atoms with E-state index in [-0.39, 0.29) is 0 Å². The molecule has 2 heteroatoms. The van der Waals surface area contributed by atoms with E-state index in [0.29, 0.717) is 18.2 Å². The summed E-state index contributed by atoms with van der Waals surface area (Å²) in [6, 6.07) is 1.05. The second-order valence-corrected chi connectivity index (χ2v) is 4.65. The molecule has 3 unspecified atom stereocenters. The SMILES string of the molecule is CCCCCCC(C)NC(C)C(C)OC. The van der Waals surface area contributed by atoms with Gasteiger partial charge in [-0.15, -0.1) is 0 Å². The quantitative estimate of drug-likeness (QED) is 0.596. The van der Waals surface area contributed by atoms with E-state index in [0.717, 1.165) is 0 Å². The van der Waals surface area contributed by atoms with Gasteiger partial charge in [0.1, 0.15) is 0 Å². The molecule has 0 aliphatic rings. The molecule has 0 aromatic rings. The molecule has 0 aromatic carbocycles. The molecule has 0 radical (unpaired) electrons. The van der Waals surface area contributed by atoms with Crippen LogP contribution in [0.2, 0.25) is 0 Å². The monoisotopic (exact) mass is 215 g/mol. The summed E-state index contributed by atoms with van der Waals surface area (Å²) < 4.78 is 5.29. The number of methoxy groups -OCH3 is 1. The number of unbranched alkanes of at least 4 members (excludes halogenated alkanes) is 3. The van der Waals surface area contributed by atoms with E-state index in [1.807, 2.05) is 0 Å². The minimum atomic E-state index is 0.295. The lowest BCUT2D eigenvalue weighted by Gasteiger charge is -2.24. The highest BCUT2D eigenvalue weighted by molar-refractivity contribution is 4.72. The fourth-order valence-corrected chi connectivity index (χ4v) is 1.75. The molecular weight excluding hydrogens is 186 g/mol. The van der Waals surface area contributed by atoms with Crippen LogP contribution in [-0.2, 0) is 4.74 Å². The van der Waals surface area contributed by atoms with Crippen molar-refractivity contribution in [1.82, 2.24) is 5.32 Å². The number of rotatable bonds is 9. The third-order valence-corrected chi connectivity index (χ3v) is 3.11. The highest BCUT2D eigenvalue weighted by Gasteiger charge is 2.13. The van der Waals surface area contributed by atoms with Crippen molar-refractivity contribution in [2.45, 2.75) is 78.0 Å². The molecule has 0 saturated carbocycles. The average Bonchev–Trinajstić information content (AvgIpc) is 2.23. The van der Waals surface area contributed by atoms with Gasteiger partial charge in [0, 0.05) is 19.2 Å². The van der Waals surface area contributed by atoms with Gasteiger partial charge in [-0.25, -0.2) is 0 Å². The summed E-state index contributed by atoms with van der Waals surface area (Å²) in [5, 5.41) is 3.58. The van der Waals surface area contributed by atoms with Gasteiger partial charge in [0.05, 0.1) is 6.10 Å². The Bertz CT molecular complexity index is 138. The van der Waals surface area contributed by atoms with Crippen LogP contribution in [0.3, 0.4) is 0 Å². The number of nitrogens with one attached hydrogen (secondary N) is 1. The van der Waals surface area contributed by atoms with Crippen molar-refractivity contribution in [2.24, 2.45) is 0 Å². The predicted molar refractivity (Wildman–Crippen MR) is 67.3 cm³/mol. The van der Waals surface area contributed by atoms with Crippen molar-refractivity contribution in [1.29, 1.82) is 0 Å². The molecule has 92 valence electrons. The molecule has 15 heavy (non-hydrogen) atoms. The summed E-state index contributed by atoms with van der Waals surface area (Å²) in [5.74, 6) is 0. The molecule has 0 aliphatic heterocycles. The van der Waals surface area contributed by atoms with Crippen molar-refractivity contribution < 1.29 is 4.74 Å². The van der Waals surface area contributed by atoms with Crippen molar-refractivity contribution in [2.75, 3.05) is 7.11 Å². The van der Waals surface area contributed by atoms with E-state index in [4.69, 9.17) is 4.74 Å². The minimum absolute atomic E-state index is 0.295. The maximum Gasteiger partial charge on any atom is 0.0693 e. The summed E-state index contributed by atoms with van der Waals surface area (Å²) in [6.45, 7) is 8.83. The Balaban J connectivity index is 3.50. The van der Waals surface area contributed by atoms with Gasteiger partial charge < -0.3 is 10.1 Å². The number of hydrogen-bond acceptors (Lipinski definition) is 2. The third-order valence-electron chi connectivity index (χ3n) is 3.11. The zero-order valence-corrected chi connectivity index (χ0v) is 11.2. The van der Waals surface area contributed by atoms with Crippen molar-refractivity contribution in [3.05, 3.63) is 0 Å². The Morgan fingerprint density at radius 3 is 2.27 bits per heavy atom. The van der Waals surface area contributed by atoms with Gasteiger partial charge in [-0.2, -0.15) is 0 Å². The highest BCUT2D eigenvalue weighted by Crippen LogP contribution is 2.07. The van der Waals surface area contributed by atoms with Crippen molar-refractivity contribution >= 4 is 0 Å². The molecule has 0 bridgehead atoms. The van der Waals surface area contributed by atoms with Gasteiger partial charge in [-0.1, -0.05) is 32.6 Å². The second-order valence-electron chi connectivity index (χ2n) is 4.65. The lowest BCUT2D eigenvalue weighted by atomic mass is 10.1. The molecule has 3 atom stereocenters. The largest absolute Gasteiger partial charge is 0.380 e. The molecule has 0 heterocycles. The second kappa shape index (κ2) is 9.17. The lowest BCUT2D eigenvalue weighted by molar-refractivity contribution is 0.0846. The van der Waals surface area contributed by atoms with Gasteiger partial charge in [0.2, 0.25) is 0 Å². The molecule has 1 N–H and O–H groups in total. The molecule has 0 fully saturated rings. The van der Waals surface area contributed by atoms with E-state index in [1.165, 1.54) is 32.1 Å². The van der Waals surface area contributed by atoms with Crippen LogP contribution in [0.4, 0.5) is 0 Å². The van der Waals surface area contributed by atoms with E-state index in [1.54, 1.807) is 7.11 Å². The molecule has 0 spiro atoms. The Hall–Kier alpha value is -0.0800. The Morgan fingerprint density at radius 2 is 1.73 bits per heavy atom. The van der Waals surface area contributed by atoms with Crippen LogP contribution in [0.15, 0.2) is 0 Å². The van der Waals surface area contributed by atoms with Gasteiger partial charge in [-0.3, -0.25) is 0 Å². The van der Waals surface area contributed by atoms with E-state index >= 15 is 0 Å². The molecule has 2 nitrogen and oxygen atoms in total. The summed E-state index contributed by atoms with van der Waals surface area (Å²) >= 11 is 0. The summed E-state index contributed by atoms with van der Waals surface area (Å²) in [7, 11) is 1.77. The van der Waals surface area contributed by atoms with Crippen molar-refractivity contribution in [3.8, 4) is 0 Å². The van der Waals surface area contributed by atoms with Crippen LogP contribution in [0, 0.1) is 0 Å². The predicted octanol–water partition coefficient (Wildman–Crippen LogP) is 3.36. The Kier molecular flexibility index (Phi) is 9.12. The van der Waals surface area contributed by atoms with Crippen LogP contribution < -0.4 is 5.32 Å². The smallest absolute Gasteiger partial charge is 0.0693 e. The lowest BCUT2D eigenvalue weighted by Crippen LogP contribution is -2.41. The summed E-state index contributed by atoms with van der Waals surface area (Å²) in [6.07, 6.45) is 6.98. The van der Waals surface area contributed by atoms with E-state index in [2.05, 4.69) is 33.0 Å². The summed E-state index contributed by atoms with van der Waals surface area (Å²) in [4.78, 5) is 0.